The molecule has 0 aliphatic heterocycles. The van der Waals surface area contributed by atoms with Crippen LogP contribution in [0.1, 0.15) is 21.7 Å². The van der Waals surface area contributed by atoms with Crippen molar-refractivity contribution >= 4 is 28.3 Å². The van der Waals surface area contributed by atoms with Crippen LogP contribution in [0.2, 0.25) is 0 Å². The molecule has 2 aromatic heterocycles. The van der Waals surface area contributed by atoms with Crippen molar-refractivity contribution < 1.29 is 14.7 Å². The summed E-state index contributed by atoms with van der Waals surface area (Å²) in [6, 6.07) is 3.54. The Hall–Kier alpha value is -2.28. The summed E-state index contributed by atoms with van der Waals surface area (Å²) in [5, 5.41) is 13.2. The first-order valence-electron chi connectivity index (χ1n) is 5.45. The monoisotopic (exact) mass is 277 g/mol. The molecule has 2 heterocycles. The molecule has 0 spiro atoms. The van der Waals surface area contributed by atoms with Gasteiger partial charge < -0.3 is 5.11 Å². The lowest BCUT2D eigenvalue weighted by Gasteiger charge is -2.03. The zero-order chi connectivity index (χ0) is 13.8. The minimum Gasteiger partial charge on any atom is -0.481 e. The first kappa shape index (κ1) is 13.2. The molecule has 0 aliphatic carbocycles. The third-order valence-electron chi connectivity index (χ3n) is 2.33. The maximum Gasteiger partial charge on any atom is 0.309 e. The van der Waals surface area contributed by atoms with E-state index in [9.17, 15) is 9.59 Å². The number of carbonyl (C=O) groups excluding carboxylic acids is 1. The predicted octanol–water partition coefficient (Wildman–Crippen LogP) is 1.73. The number of aryl methyl sites for hydroxylation is 1. The first-order valence-corrected chi connectivity index (χ1v) is 6.33. The van der Waals surface area contributed by atoms with E-state index in [1.54, 1.807) is 30.6 Å². The van der Waals surface area contributed by atoms with E-state index in [-0.39, 0.29) is 12.3 Å². The second kappa shape index (κ2) is 5.57. The third kappa shape index (κ3) is 3.35. The van der Waals surface area contributed by atoms with Gasteiger partial charge in [-0.15, -0.1) is 11.3 Å². The zero-order valence-corrected chi connectivity index (χ0v) is 10.9. The summed E-state index contributed by atoms with van der Waals surface area (Å²) in [6.45, 7) is 1.79. The molecule has 2 rings (SSSR count). The Morgan fingerprint density at radius 3 is 2.95 bits per heavy atom. The highest BCUT2D eigenvalue weighted by molar-refractivity contribution is 7.14. The summed E-state index contributed by atoms with van der Waals surface area (Å²) in [7, 11) is 0. The number of hydrogen-bond acceptors (Lipinski definition) is 5. The Bertz CT molecular complexity index is 624. The largest absolute Gasteiger partial charge is 0.481 e. The molecule has 0 unspecified atom stereocenters. The Morgan fingerprint density at radius 1 is 1.47 bits per heavy atom. The summed E-state index contributed by atoms with van der Waals surface area (Å²) in [4.78, 5) is 30.5. The second-order valence-electron chi connectivity index (χ2n) is 3.84. The van der Waals surface area contributed by atoms with Crippen molar-refractivity contribution in [1.82, 2.24) is 9.97 Å². The van der Waals surface area contributed by atoms with Gasteiger partial charge in [0.1, 0.15) is 5.69 Å². The summed E-state index contributed by atoms with van der Waals surface area (Å²) in [6.07, 6.45) is 1.38. The molecule has 0 aromatic carbocycles. The third-order valence-corrected chi connectivity index (χ3v) is 3.14. The summed E-state index contributed by atoms with van der Waals surface area (Å²) in [5.74, 6) is -1.31. The van der Waals surface area contributed by atoms with Crippen LogP contribution in [0, 0.1) is 6.92 Å². The highest BCUT2D eigenvalue weighted by Gasteiger charge is 2.13. The molecule has 0 bridgehead atoms. The number of nitrogens with zero attached hydrogens (tertiary/aromatic N) is 2. The number of pyridine rings is 1. The van der Waals surface area contributed by atoms with E-state index in [0.717, 1.165) is 5.56 Å². The van der Waals surface area contributed by atoms with Crippen molar-refractivity contribution in [3.63, 3.8) is 0 Å². The second-order valence-corrected chi connectivity index (χ2v) is 4.70. The number of thiazole rings is 1. The topological polar surface area (TPSA) is 92.2 Å². The van der Waals surface area contributed by atoms with Crippen molar-refractivity contribution in [2.75, 3.05) is 5.32 Å². The molecule has 1 amide bonds. The van der Waals surface area contributed by atoms with E-state index in [4.69, 9.17) is 5.11 Å². The van der Waals surface area contributed by atoms with Crippen LogP contribution in [-0.4, -0.2) is 27.0 Å². The number of carboxylic acid groups (broad SMARTS) is 1. The Kier molecular flexibility index (Phi) is 3.86. The van der Waals surface area contributed by atoms with Crippen LogP contribution in [0.4, 0.5) is 5.13 Å². The van der Waals surface area contributed by atoms with Crippen molar-refractivity contribution in [3.05, 3.63) is 40.7 Å². The number of carbonyl (C=O) groups is 2. The van der Waals surface area contributed by atoms with Crippen LogP contribution in [0.15, 0.2) is 23.7 Å². The minimum absolute atomic E-state index is 0.158. The van der Waals surface area contributed by atoms with E-state index in [1.165, 1.54) is 11.3 Å². The van der Waals surface area contributed by atoms with E-state index in [2.05, 4.69) is 15.3 Å². The maximum absolute atomic E-state index is 11.9. The van der Waals surface area contributed by atoms with Gasteiger partial charge in [0, 0.05) is 11.6 Å². The SMILES string of the molecule is Cc1cccnc1C(=O)Nc1nc(CC(=O)O)cs1. The highest BCUT2D eigenvalue weighted by atomic mass is 32.1. The van der Waals surface area contributed by atoms with Gasteiger partial charge >= 0.3 is 5.97 Å². The quantitative estimate of drug-likeness (QED) is 0.887. The van der Waals surface area contributed by atoms with Gasteiger partial charge in [-0.05, 0) is 18.6 Å². The van der Waals surface area contributed by atoms with E-state index in [0.29, 0.717) is 16.5 Å². The van der Waals surface area contributed by atoms with Crippen LogP contribution in [0.5, 0.6) is 0 Å². The number of hydrogen-bond donors (Lipinski definition) is 2. The van der Waals surface area contributed by atoms with Crippen LogP contribution >= 0.6 is 11.3 Å². The molecule has 2 N–H and O–H groups in total. The molecule has 0 saturated carbocycles. The molecule has 0 atom stereocenters. The number of aromatic nitrogens is 2. The van der Waals surface area contributed by atoms with Crippen molar-refractivity contribution in [2.24, 2.45) is 0 Å². The molecular formula is C12H11N3O3S. The molecule has 7 heteroatoms. The molecule has 2 aromatic rings. The molecule has 19 heavy (non-hydrogen) atoms. The molecule has 0 aliphatic rings. The van der Waals surface area contributed by atoms with Gasteiger partial charge in [-0.2, -0.15) is 0 Å². The predicted molar refractivity (Wildman–Crippen MR) is 70.4 cm³/mol. The van der Waals surface area contributed by atoms with E-state index >= 15 is 0 Å². The van der Waals surface area contributed by atoms with Gasteiger partial charge in [-0.25, -0.2) is 4.98 Å². The van der Waals surface area contributed by atoms with Crippen LogP contribution < -0.4 is 5.32 Å². The number of nitrogens with one attached hydrogen (secondary N) is 1. The van der Waals surface area contributed by atoms with Crippen LogP contribution in [-0.2, 0) is 11.2 Å². The summed E-state index contributed by atoms with van der Waals surface area (Å²) in [5.41, 5.74) is 1.52. The van der Waals surface area contributed by atoms with Gasteiger partial charge in [0.2, 0.25) is 0 Å². The van der Waals surface area contributed by atoms with Gasteiger partial charge in [0.25, 0.3) is 5.91 Å². The molecule has 98 valence electrons. The lowest BCUT2D eigenvalue weighted by Crippen LogP contribution is -2.15. The smallest absolute Gasteiger partial charge is 0.309 e. The Balaban J connectivity index is 2.09. The number of rotatable bonds is 4. The lowest BCUT2D eigenvalue weighted by atomic mass is 10.2. The molecular weight excluding hydrogens is 266 g/mol. The maximum atomic E-state index is 11.9. The van der Waals surface area contributed by atoms with Gasteiger partial charge in [-0.1, -0.05) is 6.07 Å². The van der Waals surface area contributed by atoms with Gasteiger partial charge in [0.05, 0.1) is 12.1 Å². The summed E-state index contributed by atoms with van der Waals surface area (Å²) >= 11 is 1.19. The Labute approximate surface area is 113 Å². The number of aliphatic carboxylic acids is 1. The van der Waals surface area contributed by atoms with Crippen LogP contribution in [0.3, 0.4) is 0 Å². The molecule has 6 nitrogen and oxygen atoms in total. The van der Waals surface area contributed by atoms with Crippen molar-refractivity contribution in [3.8, 4) is 0 Å². The lowest BCUT2D eigenvalue weighted by molar-refractivity contribution is -0.136. The Morgan fingerprint density at radius 2 is 2.26 bits per heavy atom. The number of amides is 1. The zero-order valence-electron chi connectivity index (χ0n) is 10.1. The van der Waals surface area contributed by atoms with Crippen LogP contribution in [0.25, 0.3) is 0 Å². The fourth-order valence-electron chi connectivity index (χ4n) is 1.48. The molecule has 0 saturated heterocycles. The average molecular weight is 277 g/mol. The van der Waals surface area contributed by atoms with E-state index < -0.39 is 5.97 Å². The normalized spacial score (nSPS) is 10.2. The fraction of sp³-hybridized carbons (Fsp3) is 0.167. The number of anilines is 1. The van der Waals surface area contributed by atoms with Gasteiger partial charge in [0.15, 0.2) is 5.13 Å². The summed E-state index contributed by atoms with van der Waals surface area (Å²) < 4.78 is 0. The van der Waals surface area contributed by atoms with Crippen molar-refractivity contribution in [1.29, 1.82) is 0 Å². The van der Waals surface area contributed by atoms with Gasteiger partial charge in [-0.3, -0.25) is 19.9 Å². The fourth-order valence-corrected chi connectivity index (χ4v) is 2.19. The van der Waals surface area contributed by atoms with E-state index in [1.807, 2.05) is 0 Å². The standard InChI is InChI=1S/C12H11N3O3S/c1-7-3-2-4-13-10(7)11(18)15-12-14-8(6-19-12)5-9(16)17/h2-4,6H,5H2,1H3,(H,16,17)(H,14,15,18). The molecule has 0 fully saturated rings. The average Bonchev–Trinajstić information content (AvgIpc) is 2.76. The van der Waals surface area contributed by atoms with Crippen molar-refractivity contribution in [2.45, 2.75) is 13.3 Å². The molecule has 0 radical (unpaired) electrons. The number of carboxylic acids is 1. The highest BCUT2D eigenvalue weighted by Crippen LogP contribution is 2.17. The minimum atomic E-state index is -0.955. The first-order chi connectivity index (χ1) is 9.06.